The number of carbonyl (C=O) groups excluding carboxylic acids is 3. The highest BCUT2D eigenvalue weighted by Gasteiger charge is 2.45. The van der Waals surface area contributed by atoms with Crippen LogP contribution in [0.4, 0.5) is 11.6 Å². The second-order valence-electron chi connectivity index (χ2n) is 17.3. The Morgan fingerprint density at radius 1 is 0.885 bits per heavy atom. The van der Waals surface area contributed by atoms with Crippen molar-refractivity contribution in [1.29, 1.82) is 5.26 Å². The lowest BCUT2D eigenvalue weighted by Gasteiger charge is -2.52. The van der Waals surface area contributed by atoms with E-state index in [0.29, 0.717) is 40.4 Å². The molecule has 3 unspecified atom stereocenters. The number of fused-ring (bicyclic) bond motifs is 1. The Hall–Kier alpha value is -5.59. The summed E-state index contributed by atoms with van der Waals surface area (Å²) in [4.78, 5) is 58.0. The minimum atomic E-state index is -1.23. The number of carbonyl (C=O) groups is 3. The van der Waals surface area contributed by atoms with Crippen molar-refractivity contribution in [3.63, 3.8) is 0 Å². The first-order chi connectivity index (χ1) is 29.4. The molecule has 4 fully saturated rings. The molecule has 2 N–H and O–H groups in total. The monoisotopic (exact) mass is 843 g/mol. The summed E-state index contributed by atoms with van der Waals surface area (Å²) in [5.74, 6) is 0.184. The van der Waals surface area contributed by atoms with Crippen molar-refractivity contribution in [2.24, 2.45) is 0 Å². The fourth-order valence-electron chi connectivity index (χ4n) is 9.53. The van der Waals surface area contributed by atoms with E-state index in [1.54, 1.807) is 18.3 Å². The van der Waals surface area contributed by atoms with Crippen molar-refractivity contribution in [3.05, 3.63) is 111 Å². The average Bonchev–Trinajstić information content (AvgIpc) is 3.50. The number of piperazine rings is 1. The largest absolute Gasteiger partial charge is 0.487 e. The number of nitrogens with zero attached hydrogens (tertiary/aromatic N) is 8. The molecule has 9 rings (SSSR count). The third kappa shape index (κ3) is 8.15. The zero-order valence-electron chi connectivity index (χ0n) is 34.5. The molecule has 0 saturated carbocycles. The first kappa shape index (κ1) is 40.8. The van der Waals surface area contributed by atoms with Crippen molar-refractivity contribution in [3.8, 4) is 11.8 Å². The summed E-state index contributed by atoms with van der Waals surface area (Å²) in [6.07, 6.45) is 3.09. The highest BCUT2D eigenvalue weighted by Crippen LogP contribution is 2.39. The van der Waals surface area contributed by atoms with Crippen LogP contribution in [0.25, 0.3) is 0 Å². The van der Waals surface area contributed by atoms with Crippen LogP contribution in [0.3, 0.4) is 0 Å². The number of hydrogen-bond acceptors (Lipinski definition) is 12. The van der Waals surface area contributed by atoms with Crippen molar-refractivity contribution in [2.75, 3.05) is 62.2 Å². The fourth-order valence-corrected chi connectivity index (χ4v) is 9.77. The Labute approximate surface area is 360 Å². The summed E-state index contributed by atoms with van der Waals surface area (Å²) in [7, 11) is 0. The van der Waals surface area contributed by atoms with Crippen molar-refractivity contribution in [2.45, 2.75) is 75.9 Å². The van der Waals surface area contributed by atoms with Crippen LogP contribution in [0.15, 0.2) is 72.9 Å². The molecule has 3 amide bonds. The van der Waals surface area contributed by atoms with Gasteiger partial charge >= 0.3 is 0 Å². The quantitative estimate of drug-likeness (QED) is 0.214. The summed E-state index contributed by atoms with van der Waals surface area (Å²) in [6, 6.07) is 23.2. The molecule has 5 aliphatic rings. The number of aromatic nitrogens is 2. The molecule has 61 heavy (non-hydrogen) atoms. The Morgan fingerprint density at radius 3 is 2.43 bits per heavy atom. The number of imide groups is 1. The summed E-state index contributed by atoms with van der Waals surface area (Å²) in [5.41, 5.74) is 4.94. The number of rotatable bonds is 10. The number of nitriles is 1. The molecule has 5 aliphatic heterocycles. The molecule has 3 aromatic carbocycles. The number of likely N-dealkylation sites (tertiary alicyclic amines) is 1. The van der Waals surface area contributed by atoms with Crippen LogP contribution in [0, 0.1) is 11.3 Å². The first-order valence-electron chi connectivity index (χ1n) is 21.2. The van der Waals surface area contributed by atoms with E-state index in [0.717, 1.165) is 99.4 Å². The maximum Gasteiger partial charge on any atom is 0.257 e. The number of benzene rings is 3. The van der Waals surface area contributed by atoms with E-state index < -0.39 is 18.2 Å². The minimum absolute atomic E-state index is 0.135. The van der Waals surface area contributed by atoms with Crippen LogP contribution in [0.1, 0.15) is 84.1 Å². The van der Waals surface area contributed by atoms with Crippen LogP contribution >= 0.6 is 11.6 Å². The number of nitrogens with one attached hydrogen (secondary N) is 1. The summed E-state index contributed by atoms with van der Waals surface area (Å²) < 4.78 is 6.15. The van der Waals surface area contributed by atoms with Gasteiger partial charge in [-0.2, -0.15) is 5.26 Å². The van der Waals surface area contributed by atoms with Crippen LogP contribution < -0.4 is 19.9 Å². The SMILES string of the molecule is CC(C)(c1ccc(OCc2ccnc(N3CCN(C4CN(C5CCCN(c6ccc7c(c6)C(O)N(C6CCC(=O)NC6=O)C7=O)C5)C4)CC3)n2)cc1)c1cc(Cl)cc(C#N)c1. The Kier molecular flexibility index (Phi) is 11.2. The van der Waals surface area contributed by atoms with Crippen molar-refractivity contribution < 1.29 is 24.2 Å². The van der Waals surface area contributed by atoms with Gasteiger partial charge in [0.15, 0.2) is 6.23 Å². The van der Waals surface area contributed by atoms with Gasteiger partial charge in [-0.05, 0) is 85.0 Å². The predicted molar refractivity (Wildman–Crippen MR) is 229 cm³/mol. The van der Waals surface area contributed by atoms with Crippen LogP contribution in [-0.2, 0) is 21.6 Å². The van der Waals surface area contributed by atoms with E-state index in [1.807, 2.05) is 54.6 Å². The van der Waals surface area contributed by atoms with Gasteiger partial charge in [0, 0.05) is 104 Å². The molecule has 15 heteroatoms. The standard InChI is InChI=1S/C46H50ClN9O5/c1-46(2,31-20-29(24-48)21-32(47)22-31)30-5-8-37(9-6-30)61-28-33-13-14-49-45(50-33)53-18-16-52(17-19-53)36-26-55(27-36)35-4-3-15-54(25-35)34-7-10-38-39(23-34)44(60)56(43(38)59)40-11-12-41(57)51-42(40)58/h5-10,13-14,20-23,35-36,40,44,60H,3-4,11-12,15-19,25-28H2,1-2H3,(H,51,57,58). The first-order valence-corrected chi connectivity index (χ1v) is 21.6. The maximum atomic E-state index is 13.3. The summed E-state index contributed by atoms with van der Waals surface area (Å²) in [5, 5.41) is 23.5. The zero-order valence-corrected chi connectivity index (χ0v) is 35.2. The third-order valence-electron chi connectivity index (χ3n) is 13.3. The number of amides is 3. The molecule has 4 aromatic rings. The number of halogens is 1. The maximum absolute atomic E-state index is 13.3. The molecule has 1 aromatic heterocycles. The number of anilines is 2. The van der Waals surface area contributed by atoms with Gasteiger partial charge in [0.2, 0.25) is 17.8 Å². The van der Waals surface area contributed by atoms with E-state index in [1.165, 1.54) is 4.90 Å². The number of aliphatic hydroxyl groups is 1. The number of aliphatic hydroxyl groups excluding tert-OH is 1. The highest BCUT2D eigenvalue weighted by atomic mass is 35.5. The Morgan fingerprint density at radius 2 is 1.67 bits per heavy atom. The van der Waals surface area contributed by atoms with E-state index in [-0.39, 0.29) is 30.1 Å². The van der Waals surface area contributed by atoms with Crippen LogP contribution in [0.5, 0.6) is 5.75 Å². The van der Waals surface area contributed by atoms with Gasteiger partial charge in [-0.15, -0.1) is 0 Å². The number of ether oxygens (including phenoxy) is 1. The summed E-state index contributed by atoms with van der Waals surface area (Å²) >= 11 is 6.31. The molecule has 0 radical (unpaired) electrons. The van der Waals surface area contributed by atoms with E-state index in [4.69, 9.17) is 21.3 Å². The topological polar surface area (TPSA) is 158 Å². The highest BCUT2D eigenvalue weighted by molar-refractivity contribution is 6.30. The van der Waals surface area contributed by atoms with Gasteiger partial charge in [-0.1, -0.05) is 37.6 Å². The molecule has 0 spiro atoms. The fraction of sp³-hybridized carbons (Fsp3) is 0.435. The lowest BCUT2D eigenvalue weighted by atomic mass is 9.78. The second-order valence-corrected chi connectivity index (χ2v) is 17.8. The molecule has 6 heterocycles. The van der Waals surface area contributed by atoms with Gasteiger partial charge < -0.3 is 19.6 Å². The number of hydrogen-bond donors (Lipinski definition) is 2. The molecule has 316 valence electrons. The molecule has 4 saturated heterocycles. The van der Waals surface area contributed by atoms with Gasteiger partial charge in [-0.3, -0.25) is 34.4 Å². The van der Waals surface area contributed by atoms with Gasteiger partial charge in [0.25, 0.3) is 5.91 Å². The Balaban J connectivity index is 0.741. The van der Waals surface area contributed by atoms with E-state index in [2.05, 4.69) is 49.8 Å². The van der Waals surface area contributed by atoms with E-state index >= 15 is 0 Å². The van der Waals surface area contributed by atoms with Gasteiger partial charge in [-0.25, -0.2) is 9.97 Å². The smallest absolute Gasteiger partial charge is 0.257 e. The lowest BCUT2D eigenvalue weighted by Crippen LogP contribution is -2.66. The normalized spacial score (nSPS) is 22.8. The average molecular weight is 844 g/mol. The zero-order chi connectivity index (χ0) is 42.4. The molecule has 0 aliphatic carbocycles. The van der Waals surface area contributed by atoms with E-state index in [9.17, 15) is 24.8 Å². The van der Waals surface area contributed by atoms with Crippen molar-refractivity contribution in [1.82, 2.24) is 30.0 Å². The predicted octanol–water partition coefficient (Wildman–Crippen LogP) is 4.63. The summed E-state index contributed by atoms with van der Waals surface area (Å²) in [6.45, 7) is 12.0. The second kappa shape index (κ2) is 16.7. The van der Waals surface area contributed by atoms with Crippen molar-refractivity contribution >= 4 is 41.0 Å². The molecular weight excluding hydrogens is 794 g/mol. The lowest BCUT2D eigenvalue weighted by molar-refractivity contribution is -0.139. The molecule has 14 nitrogen and oxygen atoms in total. The number of piperidine rings is 2. The Bertz CT molecular complexity index is 2370. The van der Waals surface area contributed by atoms with Crippen LogP contribution in [-0.4, -0.2) is 118 Å². The molecule has 3 atom stereocenters. The minimum Gasteiger partial charge on any atom is -0.487 e. The molecule has 0 bridgehead atoms. The third-order valence-corrected chi connectivity index (χ3v) is 13.5. The van der Waals surface area contributed by atoms with Crippen LogP contribution in [0.2, 0.25) is 5.02 Å². The molecular formula is C46H50ClN9O5. The van der Waals surface area contributed by atoms with Gasteiger partial charge in [0.1, 0.15) is 18.4 Å². The van der Waals surface area contributed by atoms with Gasteiger partial charge in [0.05, 0.1) is 17.3 Å².